The molecule has 2 aliphatic rings. The first-order valence-electron chi connectivity index (χ1n) is 8.73. The molecular weight excluding hydrogens is 324 g/mol. The molecule has 2 aromatic rings. The van der Waals surface area contributed by atoms with E-state index in [0.29, 0.717) is 0 Å². The Kier molecular flexibility index (Phi) is 11.9. The standard InChI is InChI=1S/C8H6ClN.C6H12.C4H8O.CH3NO/c9-7-1-2-8-6(5-7)3-4-10-8;1-2-4-6-5-3-1;1-2-4-5-3-1;2-1-3/h1-5,10H;1-6H2;1-4H2;1H,(H2,2,3). The summed E-state index contributed by atoms with van der Waals surface area (Å²) in [6, 6.07) is 7.78. The summed E-state index contributed by atoms with van der Waals surface area (Å²) in [6.07, 6.45) is 13.7. The molecule has 1 aromatic heterocycles. The monoisotopic (exact) mass is 352 g/mol. The van der Waals surface area contributed by atoms with Crippen molar-refractivity contribution in [3.8, 4) is 0 Å². The highest BCUT2D eigenvalue weighted by molar-refractivity contribution is 6.31. The summed E-state index contributed by atoms with van der Waals surface area (Å²) in [7, 11) is 0. The Morgan fingerprint density at radius 3 is 1.96 bits per heavy atom. The zero-order valence-corrected chi connectivity index (χ0v) is 15.1. The first-order chi connectivity index (χ1) is 11.8. The molecule has 4 nitrogen and oxygen atoms in total. The Hall–Kier alpha value is -1.52. The molecule has 24 heavy (non-hydrogen) atoms. The van der Waals surface area contributed by atoms with Gasteiger partial charge < -0.3 is 15.5 Å². The van der Waals surface area contributed by atoms with Crippen LogP contribution in [0, 0.1) is 0 Å². The number of hydrogen-bond acceptors (Lipinski definition) is 2. The summed E-state index contributed by atoms with van der Waals surface area (Å²) in [5, 5.41) is 1.94. The molecule has 1 aliphatic heterocycles. The van der Waals surface area contributed by atoms with Crippen LogP contribution >= 0.6 is 11.6 Å². The predicted molar refractivity (Wildman–Crippen MR) is 101 cm³/mol. The van der Waals surface area contributed by atoms with Gasteiger partial charge in [0.05, 0.1) is 0 Å². The number of rotatable bonds is 0. The molecule has 1 amide bonds. The first kappa shape index (κ1) is 20.5. The number of primary amides is 1. The summed E-state index contributed by atoms with van der Waals surface area (Å²) >= 11 is 5.76. The number of carbonyl (C=O) groups excluding carboxylic acids is 1. The highest BCUT2D eigenvalue weighted by Gasteiger charge is 1.96. The number of ether oxygens (including phenoxy) is 1. The van der Waals surface area contributed by atoms with Gasteiger partial charge in [-0.15, -0.1) is 0 Å². The third-order valence-electron chi connectivity index (χ3n) is 3.84. The Bertz CT molecular complexity index is 530. The van der Waals surface area contributed by atoms with E-state index in [0.717, 1.165) is 29.1 Å². The molecule has 1 aromatic carbocycles. The number of fused-ring (bicyclic) bond motifs is 1. The molecule has 1 saturated carbocycles. The summed E-state index contributed by atoms with van der Waals surface area (Å²) < 4.78 is 4.94. The summed E-state index contributed by atoms with van der Waals surface area (Å²) in [5.41, 5.74) is 5.30. The van der Waals surface area contributed by atoms with Crippen molar-refractivity contribution in [1.82, 2.24) is 4.98 Å². The van der Waals surface area contributed by atoms with Gasteiger partial charge in [-0.25, -0.2) is 0 Å². The number of halogens is 1. The third-order valence-corrected chi connectivity index (χ3v) is 4.08. The number of aromatic amines is 1. The number of hydrogen-bond donors (Lipinski definition) is 2. The molecule has 0 unspecified atom stereocenters. The molecular formula is C19H29ClN2O2. The van der Waals surface area contributed by atoms with Crippen LogP contribution < -0.4 is 5.73 Å². The van der Waals surface area contributed by atoms with E-state index in [1.54, 1.807) is 0 Å². The lowest BCUT2D eigenvalue weighted by Gasteiger charge is -2.05. The van der Waals surface area contributed by atoms with Gasteiger partial charge in [0.25, 0.3) is 0 Å². The maximum absolute atomic E-state index is 8.58. The van der Waals surface area contributed by atoms with Gasteiger partial charge in [0.2, 0.25) is 6.41 Å². The SMILES string of the molecule is C1CCCCC1.C1CCOC1.Clc1ccc2[nH]ccc2c1.NC=O. The minimum atomic E-state index is 0.250. The Balaban J connectivity index is 0.000000177. The third kappa shape index (κ3) is 9.58. The molecule has 134 valence electrons. The van der Waals surface area contributed by atoms with Gasteiger partial charge in [0, 0.05) is 35.3 Å². The van der Waals surface area contributed by atoms with E-state index in [9.17, 15) is 0 Å². The number of H-pyrrole nitrogens is 1. The molecule has 0 radical (unpaired) electrons. The molecule has 5 heteroatoms. The topological polar surface area (TPSA) is 68.1 Å². The van der Waals surface area contributed by atoms with Crippen molar-refractivity contribution in [3.63, 3.8) is 0 Å². The molecule has 2 heterocycles. The fraction of sp³-hybridized carbons (Fsp3) is 0.526. The van der Waals surface area contributed by atoms with E-state index in [1.807, 2.05) is 30.5 Å². The number of carbonyl (C=O) groups is 1. The van der Waals surface area contributed by atoms with Gasteiger partial charge >= 0.3 is 0 Å². The number of nitrogens with two attached hydrogens (primary N) is 1. The van der Waals surface area contributed by atoms with E-state index in [4.69, 9.17) is 21.1 Å². The Labute approximate surface area is 149 Å². The second kappa shape index (κ2) is 13.9. The van der Waals surface area contributed by atoms with Crippen molar-refractivity contribution in [2.24, 2.45) is 5.73 Å². The van der Waals surface area contributed by atoms with Crippen LogP contribution in [-0.2, 0) is 9.53 Å². The molecule has 0 atom stereocenters. The minimum absolute atomic E-state index is 0.250. The van der Waals surface area contributed by atoms with Gasteiger partial charge in [-0.2, -0.15) is 0 Å². The average Bonchev–Trinajstić information content (AvgIpc) is 3.32. The highest BCUT2D eigenvalue weighted by Crippen LogP contribution is 2.17. The quantitative estimate of drug-likeness (QED) is 0.650. The molecule has 0 spiro atoms. The van der Waals surface area contributed by atoms with Gasteiger partial charge in [-0.3, -0.25) is 4.79 Å². The fourth-order valence-electron chi connectivity index (χ4n) is 2.60. The lowest BCUT2D eigenvalue weighted by molar-refractivity contribution is -0.106. The lowest BCUT2D eigenvalue weighted by Crippen LogP contribution is -1.85. The summed E-state index contributed by atoms with van der Waals surface area (Å²) in [6.45, 7) is 2.00. The van der Waals surface area contributed by atoms with Crippen LogP contribution in [-0.4, -0.2) is 24.6 Å². The van der Waals surface area contributed by atoms with Crippen LogP contribution in [0.4, 0.5) is 0 Å². The zero-order chi connectivity index (χ0) is 17.5. The summed E-state index contributed by atoms with van der Waals surface area (Å²) in [5.74, 6) is 0. The molecule has 3 N–H and O–H groups in total. The molecule has 0 bridgehead atoms. The van der Waals surface area contributed by atoms with Gasteiger partial charge in [-0.1, -0.05) is 50.1 Å². The Morgan fingerprint density at radius 1 is 0.958 bits per heavy atom. The van der Waals surface area contributed by atoms with Crippen molar-refractivity contribution in [2.45, 2.75) is 51.4 Å². The predicted octanol–water partition coefficient (Wildman–Crippen LogP) is 5.06. The number of benzene rings is 1. The summed E-state index contributed by atoms with van der Waals surface area (Å²) in [4.78, 5) is 11.7. The maximum atomic E-state index is 8.58. The van der Waals surface area contributed by atoms with E-state index in [2.05, 4.69) is 10.7 Å². The van der Waals surface area contributed by atoms with Crippen molar-refractivity contribution in [1.29, 1.82) is 0 Å². The zero-order valence-electron chi connectivity index (χ0n) is 14.3. The van der Waals surface area contributed by atoms with Crippen molar-refractivity contribution in [3.05, 3.63) is 35.5 Å². The molecule has 1 saturated heterocycles. The van der Waals surface area contributed by atoms with Crippen LogP contribution in [0.3, 0.4) is 0 Å². The van der Waals surface area contributed by atoms with Crippen molar-refractivity contribution >= 4 is 28.9 Å². The fourth-order valence-corrected chi connectivity index (χ4v) is 2.78. The van der Waals surface area contributed by atoms with Crippen LogP contribution in [0.15, 0.2) is 30.5 Å². The normalized spacial score (nSPS) is 15.9. The number of amides is 1. The number of aromatic nitrogens is 1. The van der Waals surface area contributed by atoms with Crippen LogP contribution in [0.1, 0.15) is 51.4 Å². The van der Waals surface area contributed by atoms with Gasteiger partial charge in [-0.05, 0) is 37.1 Å². The van der Waals surface area contributed by atoms with Crippen molar-refractivity contribution in [2.75, 3.05) is 13.2 Å². The molecule has 4 rings (SSSR count). The minimum Gasteiger partial charge on any atom is -0.381 e. The maximum Gasteiger partial charge on any atom is 0.204 e. The first-order valence-corrected chi connectivity index (χ1v) is 9.11. The van der Waals surface area contributed by atoms with Crippen molar-refractivity contribution < 1.29 is 9.53 Å². The Morgan fingerprint density at radius 2 is 1.50 bits per heavy atom. The number of nitrogens with one attached hydrogen (secondary N) is 1. The second-order valence-corrected chi connectivity index (χ2v) is 6.22. The smallest absolute Gasteiger partial charge is 0.204 e. The molecule has 1 aliphatic carbocycles. The van der Waals surface area contributed by atoms with E-state index >= 15 is 0 Å². The van der Waals surface area contributed by atoms with E-state index in [-0.39, 0.29) is 6.41 Å². The molecule has 2 fully saturated rings. The van der Waals surface area contributed by atoms with E-state index in [1.165, 1.54) is 51.4 Å². The van der Waals surface area contributed by atoms with Crippen LogP contribution in [0.25, 0.3) is 10.9 Å². The van der Waals surface area contributed by atoms with Gasteiger partial charge in [0.15, 0.2) is 0 Å². The highest BCUT2D eigenvalue weighted by atomic mass is 35.5. The lowest BCUT2D eigenvalue weighted by atomic mass is 10.0. The second-order valence-electron chi connectivity index (χ2n) is 5.79. The van der Waals surface area contributed by atoms with Crippen LogP contribution in [0.2, 0.25) is 5.02 Å². The van der Waals surface area contributed by atoms with E-state index < -0.39 is 0 Å². The largest absolute Gasteiger partial charge is 0.381 e. The van der Waals surface area contributed by atoms with Crippen LogP contribution in [0.5, 0.6) is 0 Å². The average molecular weight is 353 g/mol. The van der Waals surface area contributed by atoms with Gasteiger partial charge in [0.1, 0.15) is 0 Å².